The summed E-state index contributed by atoms with van der Waals surface area (Å²) in [6.07, 6.45) is 0.412. The zero-order chi connectivity index (χ0) is 17.5. The lowest BCUT2D eigenvalue weighted by Gasteiger charge is -2.28. The van der Waals surface area contributed by atoms with Gasteiger partial charge in [-0.25, -0.2) is 0 Å². The first-order valence-electron chi connectivity index (χ1n) is 8.37. The molecule has 0 N–H and O–H groups in total. The number of morpholine rings is 1. The highest BCUT2D eigenvalue weighted by atomic mass is 16.5. The van der Waals surface area contributed by atoms with Gasteiger partial charge in [-0.3, -0.25) is 9.59 Å². The third kappa shape index (κ3) is 5.23. The highest BCUT2D eigenvalue weighted by molar-refractivity contribution is 5.92. The zero-order valence-electron chi connectivity index (χ0n) is 14.7. The van der Waals surface area contributed by atoms with Gasteiger partial charge in [0, 0.05) is 38.7 Å². The summed E-state index contributed by atoms with van der Waals surface area (Å²) in [7, 11) is 0. The molecular formula is C18H26N2O4. The van der Waals surface area contributed by atoms with Gasteiger partial charge in [0.1, 0.15) is 5.75 Å². The normalized spacial score (nSPS) is 14.6. The van der Waals surface area contributed by atoms with E-state index in [4.69, 9.17) is 9.47 Å². The number of hydrogen-bond acceptors (Lipinski definition) is 4. The smallest absolute Gasteiger partial charge is 0.224 e. The molecule has 0 atom stereocenters. The molecule has 6 nitrogen and oxygen atoms in total. The molecule has 0 aliphatic carbocycles. The van der Waals surface area contributed by atoms with Crippen LogP contribution in [0.5, 0.6) is 5.75 Å². The molecule has 2 amide bonds. The predicted molar refractivity (Wildman–Crippen MR) is 92.2 cm³/mol. The molecule has 0 saturated carbocycles. The monoisotopic (exact) mass is 334 g/mol. The quantitative estimate of drug-likeness (QED) is 0.799. The van der Waals surface area contributed by atoms with Crippen LogP contribution in [-0.2, 0) is 14.3 Å². The number of amides is 2. The minimum absolute atomic E-state index is 0.0595. The third-order valence-electron chi connectivity index (χ3n) is 3.81. The second-order valence-corrected chi connectivity index (χ2v) is 6.07. The number of anilines is 1. The lowest BCUT2D eigenvalue weighted by atomic mass is 10.2. The fraction of sp³-hybridized carbons (Fsp3) is 0.556. The topological polar surface area (TPSA) is 59.1 Å². The standard InChI is InChI=1S/C18H26N2O4/c1-14(2)24-17-6-4-16(5-7-17)20(15(3)21)9-8-18(22)19-10-12-23-13-11-19/h4-7,14H,8-13H2,1-3H3. The third-order valence-corrected chi connectivity index (χ3v) is 3.81. The first-order valence-corrected chi connectivity index (χ1v) is 8.37. The van der Waals surface area contributed by atoms with E-state index in [-0.39, 0.29) is 17.9 Å². The maximum Gasteiger partial charge on any atom is 0.224 e. The van der Waals surface area contributed by atoms with E-state index in [0.717, 1.165) is 11.4 Å². The van der Waals surface area contributed by atoms with E-state index in [1.54, 1.807) is 9.80 Å². The Morgan fingerprint density at radius 3 is 2.38 bits per heavy atom. The summed E-state index contributed by atoms with van der Waals surface area (Å²) in [5.74, 6) is 0.744. The summed E-state index contributed by atoms with van der Waals surface area (Å²) in [6, 6.07) is 7.38. The van der Waals surface area contributed by atoms with Crippen molar-refractivity contribution in [1.82, 2.24) is 4.90 Å². The maximum absolute atomic E-state index is 12.2. The molecule has 132 valence electrons. The van der Waals surface area contributed by atoms with E-state index >= 15 is 0 Å². The average Bonchev–Trinajstić information content (AvgIpc) is 2.56. The molecule has 6 heteroatoms. The summed E-state index contributed by atoms with van der Waals surface area (Å²) < 4.78 is 10.9. The van der Waals surface area contributed by atoms with Gasteiger partial charge in [-0.2, -0.15) is 0 Å². The average molecular weight is 334 g/mol. The Balaban J connectivity index is 1.96. The van der Waals surface area contributed by atoms with Gasteiger partial charge >= 0.3 is 0 Å². The van der Waals surface area contributed by atoms with Crippen molar-refractivity contribution in [2.75, 3.05) is 37.7 Å². The van der Waals surface area contributed by atoms with E-state index in [1.165, 1.54) is 6.92 Å². The number of rotatable bonds is 6. The Kier molecular flexibility index (Phi) is 6.61. The SMILES string of the molecule is CC(=O)N(CCC(=O)N1CCOCC1)c1ccc(OC(C)C)cc1. The molecular weight excluding hydrogens is 308 g/mol. The molecule has 1 heterocycles. The minimum atomic E-state index is -0.0812. The van der Waals surface area contributed by atoms with Gasteiger partial charge in [-0.15, -0.1) is 0 Å². The van der Waals surface area contributed by atoms with Crippen LogP contribution in [0.15, 0.2) is 24.3 Å². The molecule has 24 heavy (non-hydrogen) atoms. The van der Waals surface area contributed by atoms with Gasteiger partial charge in [-0.05, 0) is 38.1 Å². The molecule has 0 aromatic heterocycles. The summed E-state index contributed by atoms with van der Waals surface area (Å²) in [5, 5.41) is 0. The number of carbonyl (C=O) groups excluding carboxylic acids is 2. The molecule has 1 aliphatic rings. The van der Waals surface area contributed by atoms with Crippen LogP contribution in [0, 0.1) is 0 Å². The number of nitrogens with zero attached hydrogens (tertiary/aromatic N) is 2. The summed E-state index contributed by atoms with van der Waals surface area (Å²) >= 11 is 0. The molecule has 0 bridgehead atoms. The van der Waals surface area contributed by atoms with E-state index in [2.05, 4.69) is 0 Å². The first-order chi connectivity index (χ1) is 11.5. The van der Waals surface area contributed by atoms with Gasteiger partial charge < -0.3 is 19.3 Å². The zero-order valence-corrected chi connectivity index (χ0v) is 14.7. The van der Waals surface area contributed by atoms with Crippen LogP contribution in [0.3, 0.4) is 0 Å². The minimum Gasteiger partial charge on any atom is -0.491 e. The number of benzene rings is 1. The van der Waals surface area contributed by atoms with Crippen molar-refractivity contribution in [3.63, 3.8) is 0 Å². The molecule has 1 saturated heterocycles. The van der Waals surface area contributed by atoms with Crippen LogP contribution in [0.25, 0.3) is 0 Å². The molecule has 0 spiro atoms. The molecule has 1 aliphatic heterocycles. The van der Waals surface area contributed by atoms with Crippen LogP contribution in [-0.4, -0.2) is 55.7 Å². The number of hydrogen-bond donors (Lipinski definition) is 0. The largest absolute Gasteiger partial charge is 0.491 e. The van der Waals surface area contributed by atoms with Gasteiger partial charge in [0.25, 0.3) is 0 Å². The number of carbonyl (C=O) groups is 2. The van der Waals surface area contributed by atoms with E-state index < -0.39 is 0 Å². The van der Waals surface area contributed by atoms with Crippen LogP contribution >= 0.6 is 0 Å². The highest BCUT2D eigenvalue weighted by Gasteiger charge is 2.19. The molecule has 1 fully saturated rings. The highest BCUT2D eigenvalue weighted by Crippen LogP contribution is 2.21. The van der Waals surface area contributed by atoms with Gasteiger partial charge in [0.05, 0.1) is 19.3 Å². The van der Waals surface area contributed by atoms with E-state index in [0.29, 0.717) is 39.3 Å². The van der Waals surface area contributed by atoms with E-state index in [9.17, 15) is 9.59 Å². The Bertz CT molecular complexity index is 551. The first kappa shape index (κ1) is 18.3. The van der Waals surface area contributed by atoms with Gasteiger partial charge in [-0.1, -0.05) is 0 Å². The summed E-state index contributed by atoms with van der Waals surface area (Å²) in [6.45, 7) is 8.23. The fourth-order valence-corrected chi connectivity index (χ4v) is 2.62. The Morgan fingerprint density at radius 1 is 1.21 bits per heavy atom. The van der Waals surface area contributed by atoms with Crippen molar-refractivity contribution < 1.29 is 19.1 Å². The second kappa shape index (κ2) is 8.68. The predicted octanol–water partition coefficient (Wildman–Crippen LogP) is 2.08. The van der Waals surface area contributed by atoms with Crippen molar-refractivity contribution in [2.24, 2.45) is 0 Å². The Hall–Kier alpha value is -2.08. The Morgan fingerprint density at radius 2 is 1.83 bits per heavy atom. The van der Waals surface area contributed by atoms with Crippen molar-refractivity contribution >= 4 is 17.5 Å². The van der Waals surface area contributed by atoms with Crippen LogP contribution < -0.4 is 9.64 Å². The summed E-state index contributed by atoms with van der Waals surface area (Å²) in [5.41, 5.74) is 0.772. The molecule has 2 rings (SSSR count). The van der Waals surface area contributed by atoms with Gasteiger partial charge in [0.15, 0.2) is 0 Å². The van der Waals surface area contributed by atoms with E-state index in [1.807, 2.05) is 38.1 Å². The molecule has 0 radical (unpaired) electrons. The van der Waals surface area contributed by atoms with Crippen LogP contribution in [0.2, 0.25) is 0 Å². The second-order valence-electron chi connectivity index (χ2n) is 6.07. The summed E-state index contributed by atoms with van der Waals surface area (Å²) in [4.78, 5) is 27.6. The van der Waals surface area contributed by atoms with Crippen molar-refractivity contribution in [3.8, 4) is 5.75 Å². The molecule has 0 unspecified atom stereocenters. The van der Waals surface area contributed by atoms with Crippen molar-refractivity contribution in [3.05, 3.63) is 24.3 Å². The molecule has 1 aromatic carbocycles. The number of ether oxygens (including phenoxy) is 2. The van der Waals surface area contributed by atoms with Crippen LogP contribution in [0.1, 0.15) is 27.2 Å². The van der Waals surface area contributed by atoms with Gasteiger partial charge in [0.2, 0.25) is 11.8 Å². The maximum atomic E-state index is 12.2. The van der Waals surface area contributed by atoms with Crippen LogP contribution in [0.4, 0.5) is 5.69 Å². The Labute approximate surface area is 143 Å². The fourth-order valence-electron chi connectivity index (χ4n) is 2.62. The van der Waals surface area contributed by atoms with Crippen molar-refractivity contribution in [1.29, 1.82) is 0 Å². The van der Waals surface area contributed by atoms with Crippen molar-refractivity contribution in [2.45, 2.75) is 33.3 Å². The molecule has 1 aromatic rings. The lowest BCUT2D eigenvalue weighted by Crippen LogP contribution is -2.42. The lowest BCUT2D eigenvalue weighted by molar-refractivity contribution is -0.135.